The number of aromatic nitrogens is 2. The Balaban J connectivity index is 3.52. The molecule has 0 spiro atoms. The molecular weight excluding hydrogens is 172 g/mol. The lowest BCUT2D eigenvalue weighted by molar-refractivity contribution is 0.0962. The highest BCUT2D eigenvalue weighted by molar-refractivity contribution is 5.88. The second-order valence-corrected chi connectivity index (χ2v) is 2.41. The molecule has 0 bridgehead atoms. The summed E-state index contributed by atoms with van der Waals surface area (Å²) in [6.45, 7) is 3.23. The Bertz CT molecular complexity index is 467. The third-order valence-corrected chi connectivity index (χ3v) is 1.60. The zero-order valence-corrected chi connectivity index (χ0v) is 7.06. The molecule has 0 N–H and O–H groups in total. The van der Waals surface area contributed by atoms with E-state index in [1.807, 2.05) is 0 Å². The van der Waals surface area contributed by atoms with Gasteiger partial charge in [-0.05, 0) is 6.08 Å². The molecule has 13 heavy (non-hydrogen) atoms. The van der Waals surface area contributed by atoms with Crippen molar-refractivity contribution in [3.05, 3.63) is 45.8 Å². The Morgan fingerprint density at radius 2 is 2.15 bits per heavy atom. The third-order valence-electron chi connectivity index (χ3n) is 1.60. The van der Waals surface area contributed by atoms with E-state index in [0.717, 1.165) is 27.5 Å². The molecule has 0 atom stereocenters. The first kappa shape index (κ1) is 9.18. The summed E-state index contributed by atoms with van der Waals surface area (Å²) in [5.74, 6) is -0.555. The first-order valence-electron chi connectivity index (χ1n) is 3.53. The summed E-state index contributed by atoms with van der Waals surface area (Å²) < 4.78 is 1.66. The van der Waals surface area contributed by atoms with E-state index in [2.05, 4.69) is 6.58 Å². The summed E-state index contributed by atoms with van der Waals surface area (Å²) in [5.41, 5.74) is -1.12. The smallest absolute Gasteiger partial charge is 0.269 e. The molecule has 0 aromatic carbocycles. The van der Waals surface area contributed by atoms with E-state index in [1.54, 1.807) is 0 Å². The van der Waals surface area contributed by atoms with Gasteiger partial charge in [-0.3, -0.25) is 14.2 Å². The Hall–Kier alpha value is -1.91. The first-order valence-corrected chi connectivity index (χ1v) is 3.53. The molecule has 5 nitrogen and oxygen atoms in total. The van der Waals surface area contributed by atoms with Crippen LogP contribution < -0.4 is 11.2 Å². The van der Waals surface area contributed by atoms with Crippen LogP contribution in [0.5, 0.6) is 0 Å². The summed E-state index contributed by atoms with van der Waals surface area (Å²) >= 11 is 0. The van der Waals surface area contributed by atoms with Crippen molar-refractivity contribution in [2.75, 3.05) is 0 Å². The van der Waals surface area contributed by atoms with Crippen molar-refractivity contribution in [3.63, 3.8) is 0 Å². The van der Waals surface area contributed by atoms with E-state index in [1.165, 1.54) is 7.05 Å². The number of hydrogen-bond donors (Lipinski definition) is 0. The Morgan fingerprint density at radius 1 is 1.54 bits per heavy atom. The van der Waals surface area contributed by atoms with Gasteiger partial charge in [-0.1, -0.05) is 6.58 Å². The minimum Gasteiger partial charge on any atom is -0.269 e. The zero-order valence-electron chi connectivity index (χ0n) is 7.06. The first-order chi connectivity index (χ1) is 6.07. The van der Waals surface area contributed by atoms with Gasteiger partial charge in [0.1, 0.15) is 0 Å². The van der Waals surface area contributed by atoms with Crippen LogP contribution >= 0.6 is 0 Å². The van der Waals surface area contributed by atoms with Crippen LogP contribution in [0.1, 0.15) is 4.79 Å². The molecule has 1 aromatic rings. The Morgan fingerprint density at radius 3 is 2.69 bits per heavy atom. The largest absolute Gasteiger partial charge is 0.337 e. The number of hydrogen-bond acceptors (Lipinski definition) is 3. The maximum Gasteiger partial charge on any atom is 0.337 e. The summed E-state index contributed by atoms with van der Waals surface area (Å²) in [7, 11) is 1.30. The van der Waals surface area contributed by atoms with Gasteiger partial charge in [0.05, 0.1) is 0 Å². The number of nitrogens with zero attached hydrogens (tertiary/aromatic N) is 2. The Labute approximate surface area is 73.5 Å². The summed E-state index contributed by atoms with van der Waals surface area (Å²) in [6.07, 6.45) is 2.14. The summed E-state index contributed by atoms with van der Waals surface area (Å²) in [6, 6.07) is 1.14. The second-order valence-electron chi connectivity index (χ2n) is 2.41. The molecule has 0 saturated heterocycles. The van der Waals surface area contributed by atoms with Gasteiger partial charge in [-0.15, -0.1) is 0 Å². The predicted molar refractivity (Wildman–Crippen MR) is 46.8 cm³/mol. The summed E-state index contributed by atoms with van der Waals surface area (Å²) in [4.78, 5) is 33.2. The monoisotopic (exact) mass is 180 g/mol. The molecule has 0 aliphatic carbocycles. The molecule has 0 saturated carbocycles. The van der Waals surface area contributed by atoms with Gasteiger partial charge < -0.3 is 0 Å². The van der Waals surface area contributed by atoms with E-state index in [-0.39, 0.29) is 0 Å². The highest BCUT2D eigenvalue weighted by atomic mass is 16.2. The molecule has 1 heterocycles. The quantitative estimate of drug-likeness (QED) is 0.541. The summed E-state index contributed by atoms with van der Waals surface area (Å²) in [5, 5.41) is 0. The van der Waals surface area contributed by atoms with Gasteiger partial charge in [0.25, 0.3) is 11.5 Å². The third kappa shape index (κ3) is 1.48. The number of allylic oxidation sites excluding steroid dienone is 1. The van der Waals surface area contributed by atoms with Crippen molar-refractivity contribution in [1.82, 2.24) is 9.13 Å². The Kier molecular flexibility index (Phi) is 2.27. The standard InChI is InChI=1S/C8H8N2O3/c1-3-6(11)10-5-4-7(12)9(2)8(10)13/h3-5H,1H2,2H3. The molecular formula is C8H8N2O3. The highest BCUT2D eigenvalue weighted by Crippen LogP contribution is 1.78. The minimum atomic E-state index is -0.669. The van der Waals surface area contributed by atoms with Crippen molar-refractivity contribution in [2.45, 2.75) is 0 Å². The van der Waals surface area contributed by atoms with Crippen LogP contribution in [0.3, 0.4) is 0 Å². The van der Waals surface area contributed by atoms with E-state index in [4.69, 9.17) is 0 Å². The van der Waals surface area contributed by atoms with E-state index in [0.29, 0.717) is 0 Å². The lowest BCUT2D eigenvalue weighted by Crippen LogP contribution is -2.39. The molecule has 1 aromatic heterocycles. The van der Waals surface area contributed by atoms with Crippen LogP contribution in [-0.4, -0.2) is 15.0 Å². The van der Waals surface area contributed by atoms with Crippen LogP contribution in [0.2, 0.25) is 0 Å². The normalized spacial score (nSPS) is 9.62. The molecule has 0 radical (unpaired) electrons. The molecule has 0 unspecified atom stereocenters. The predicted octanol–water partition coefficient (Wildman–Crippen LogP) is -0.627. The number of carbonyl (C=O) groups is 1. The van der Waals surface area contributed by atoms with Crippen molar-refractivity contribution >= 4 is 5.91 Å². The van der Waals surface area contributed by atoms with Crippen molar-refractivity contribution in [2.24, 2.45) is 7.05 Å². The van der Waals surface area contributed by atoms with Crippen LogP contribution in [0, 0.1) is 0 Å². The second kappa shape index (κ2) is 3.22. The molecule has 0 aliphatic rings. The molecule has 1 rings (SSSR count). The van der Waals surface area contributed by atoms with Crippen LogP contribution in [0.4, 0.5) is 0 Å². The highest BCUT2D eigenvalue weighted by Gasteiger charge is 2.04. The average molecular weight is 180 g/mol. The molecule has 68 valence electrons. The molecule has 0 amide bonds. The fourth-order valence-electron chi connectivity index (χ4n) is 0.836. The number of rotatable bonds is 1. The van der Waals surface area contributed by atoms with Gasteiger partial charge in [0.15, 0.2) is 0 Å². The molecule has 0 fully saturated rings. The maximum atomic E-state index is 11.2. The fourth-order valence-corrected chi connectivity index (χ4v) is 0.836. The van der Waals surface area contributed by atoms with E-state index in [9.17, 15) is 14.4 Å². The van der Waals surface area contributed by atoms with Gasteiger partial charge in [0, 0.05) is 19.3 Å². The molecule has 0 aliphatic heterocycles. The average Bonchev–Trinajstić information content (AvgIpc) is 2.13. The fraction of sp³-hybridized carbons (Fsp3) is 0.125. The van der Waals surface area contributed by atoms with Gasteiger partial charge >= 0.3 is 5.69 Å². The maximum absolute atomic E-state index is 11.2. The van der Waals surface area contributed by atoms with Crippen molar-refractivity contribution in [1.29, 1.82) is 0 Å². The van der Waals surface area contributed by atoms with Crippen LogP contribution in [0.15, 0.2) is 34.5 Å². The number of carbonyl (C=O) groups excluding carboxylic acids is 1. The van der Waals surface area contributed by atoms with Crippen molar-refractivity contribution < 1.29 is 4.79 Å². The lowest BCUT2D eigenvalue weighted by Gasteiger charge is -2.00. The van der Waals surface area contributed by atoms with E-state index >= 15 is 0 Å². The zero-order chi connectivity index (χ0) is 10.0. The molecule has 5 heteroatoms. The van der Waals surface area contributed by atoms with Gasteiger partial charge in [-0.25, -0.2) is 9.36 Å². The minimum absolute atomic E-state index is 0.446. The topological polar surface area (TPSA) is 61.1 Å². The SMILES string of the molecule is C=CC(=O)n1ccc(=O)n(C)c1=O. The van der Waals surface area contributed by atoms with Crippen molar-refractivity contribution in [3.8, 4) is 0 Å². The van der Waals surface area contributed by atoms with Crippen LogP contribution in [0.25, 0.3) is 0 Å². The lowest BCUT2D eigenvalue weighted by atomic mass is 10.5. The van der Waals surface area contributed by atoms with E-state index < -0.39 is 17.2 Å². The van der Waals surface area contributed by atoms with Gasteiger partial charge in [0.2, 0.25) is 0 Å². The van der Waals surface area contributed by atoms with Crippen LogP contribution in [-0.2, 0) is 7.05 Å². The van der Waals surface area contributed by atoms with Gasteiger partial charge in [-0.2, -0.15) is 0 Å².